The molecule has 6 nitrogen and oxygen atoms in total. The normalized spacial score (nSPS) is 11.8. The molecule has 0 saturated carbocycles. The molecule has 2 aromatic rings. The molecule has 0 bridgehead atoms. The maximum absolute atomic E-state index is 12.9. The van der Waals surface area contributed by atoms with E-state index in [1.807, 2.05) is 0 Å². The number of rotatable bonds is 6. The molecule has 0 aromatic heterocycles. The molecular weight excluding hydrogens is 332 g/mol. The van der Waals surface area contributed by atoms with E-state index in [-0.39, 0.29) is 11.3 Å². The zero-order valence-corrected chi connectivity index (χ0v) is 13.9. The van der Waals surface area contributed by atoms with Gasteiger partial charge < -0.3 is 10.0 Å². The van der Waals surface area contributed by atoms with Crippen LogP contribution in [0.5, 0.6) is 0 Å². The van der Waals surface area contributed by atoms with Crippen LogP contribution in [0.25, 0.3) is 0 Å². The number of benzene rings is 2. The van der Waals surface area contributed by atoms with Crippen molar-refractivity contribution in [2.45, 2.75) is 6.10 Å². The lowest BCUT2D eigenvalue weighted by Crippen LogP contribution is -2.22. The molecule has 2 aromatic carbocycles. The predicted molar refractivity (Wildman–Crippen MR) is 91.5 cm³/mol. The molecule has 0 aliphatic rings. The van der Waals surface area contributed by atoms with Crippen LogP contribution >= 0.6 is 11.6 Å². The molecule has 0 saturated heterocycles. The van der Waals surface area contributed by atoms with Crippen LogP contribution in [0.4, 0.5) is 5.69 Å². The summed E-state index contributed by atoms with van der Waals surface area (Å²) < 4.78 is 0. The zero-order valence-electron chi connectivity index (χ0n) is 13.2. The standard InChI is InChI=1S/C17H17ClN2O4/c1-20(2)14-8-7-12(18)9-13(14)15(21)16(24-19)10-3-5-11(6-4-10)17(22)23/h3-9,16H,19H2,1-2H3,(H,22,23). The third kappa shape index (κ3) is 3.73. The van der Waals surface area contributed by atoms with Crippen molar-refractivity contribution in [3.8, 4) is 0 Å². The van der Waals surface area contributed by atoms with Crippen LogP contribution in [-0.2, 0) is 4.84 Å². The lowest BCUT2D eigenvalue weighted by Gasteiger charge is -2.20. The third-order valence-electron chi connectivity index (χ3n) is 3.54. The van der Waals surface area contributed by atoms with Gasteiger partial charge in [0.25, 0.3) is 0 Å². The van der Waals surface area contributed by atoms with E-state index < -0.39 is 12.1 Å². The number of carbonyl (C=O) groups excluding carboxylic acids is 1. The SMILES string of the molecule is CN(C)c1ccc(Cl)cc1C(=O)C(ON)c1ccc(C(=O)O)cc1. The number of hydrogen-bond donors (Lipinski definition) is 2. The summed E-state index contributed by atoms with van der Waals surface area (Å²) in [5, 5.41) is 9.36. The lowest BCUT2D eigenvalue weighted by atomic mass is 9.97. The number of hydrogen-bond acceptors (Lipinski definition) is 5. The highest BCUT2D eigenvalue weighted by Gasteiger charge is 2.26. The number of carboxylic acid groups (broad SMARTS) is 1. The fraction of sp³-hybridized carbons (Fsp3) is 0.176. The van der Waals surface area contributed by atoms with E-state index in [9.17, 15) is 9.59 Å². The molecule has 3 N–H and O–H groups in total. The Labute approximate surface area is 144 Å². The Morgan fingerprint density at radius 1 is 1.17 bits per heavy atom. The van der Waals surface area contributed by atoms with Gasteiger partial charge in [-0.25, -0.2) is 10.7 Å². The van der Waals surface area contributed by atoms with Gasteiger partial charge in [-0.05, 0) is 35.9 Å². The Balaban J connectivity index is 2.42. The van der Waals surface area contributed by atoms with Gasteiger partial charge in [-0.1, -0.05) is 23.7 Å². The van der Waals surface area contributed by atoms with Crippen LogP contribution in [0, 0.1) is 0 Å². The number of aromatic carboxylic acids is 1. The molecule has 126 valence electrons. The first-order valence-corrected chi connectivity index (χ1v) is 7.42. The van der Waals surface area contributed by atoms with Crippen LogP contribution in [0.2, 0.25) is 5.02 Å². The van der Waals surface area contributed by atoms with Gasteiger partial charge in [-0.3, -0.25) is 9.63 Å². The molecule has 0 radical (unpaired) electrons. The second kappa shape index (κ2) is 7.44. The molecule has 1 atom stereocenters. The highest BCUT2D eigenvalue weighted by molar-refractivity contribution is 6.31. The van der Waals surface area contributed by atoms with Gasteiger partial charge in [-0.15, -0.1) is 0 Å². The van der Waals surface area contributed by atoms with Crippen molar-refractivity contribution in [1.82, 2.24) is 0 Å². The Hall–Kier alpha value is -2.41. The Morgan fingerprint density at radius 2 is 1.79 bits per heavy atom. The van der Waals surface area contributed by atoms with E-state index in [0.29, 0.717) is 21.8 Å². The summed E-state index contributed by atoms with van der Waals surface area (Å²) in [5.41, 5.74) is 1.61. The van der Waals surface area contributed by atoms with Crippen molar-refractivity contribution in [3.05, 3.63) is 64.2 Å². The summed E-state index contributed by atoms with van der Waals surface area (Å²) in [6.45, 7) is 0. The summed E-state index contributed by atoms with van der Waals surface area (Å²) in [5.74, 6) is 3.90. The smallest absolute Gasteiger partial charge is 0.335 e. The molecule has 7 heteroatoms. The van der Waals surface area contributed by atoms with Gasteiger partial charge in [0.2, 0.25) is 0 Å². The van der Waals surface area contributed by atoms with Crippen molar-refractivity contribution in [3.63, 3.8) is 0 Å². The van der Waals surface area contributed by atoms with Crippen molar-refractivity contribution in [1.29, 1.82) is 0 Å². The third-order valence-corrected chi connectivity index (χ3v) is 3.78. The molecule has 0 spiro atoms. The minimum Gasteiger partial charge on any atom is -0.478 e. The summed E-state index contributed by atoms with van der Waals surface area (Å²) in [6.07, 6.45) is -1.06. The summed E-state index contributed by atoms with van der Waals surface area (Å²) in [6, 6.07) is 10.8. The highest BCUT2D eigenvalue weighted by Crippen LogP contribution is 2.29. The van der Waals surface area contributed by atoms with E-state index in [4.69, 9.17) is 27.4 Å². The first kappa shape index (κ1) is 17.9. The molecule has 0 aliphatic carbocycles. The number of Topliss-reactive ketones (excluding diaryl/α,β-unsaturated/α-hetero) is 1. The first-order valence-electron chi connectivity index (χ1n) is 7.05. The summed E-state index contributed by atoms with van der Waals surface area (Å²) >= 11 is 6.01. The topological polar surface area (TPSA) is 92.9 Å². The Bertz CT molecular complexity index is 760. The fourth-order valence-corrected chi connectivity index (χ4v) is 2.50. The largest absolute Gasteiger partial charge is 0.478 e. The van der Waals surface area contributed by atoms with Gasteiger partial charge in [0.15, 0.2) is 11.9 Å². The van der Waals surface area contributed by atoms with Crippen LogP contribution in [0.15, 0.2) is 42.5 Å². The van der Waals surface area contributed by atoms with Crippen molar-refractivity contribution in [2.24, 2.45) is 5.90 Å². The van der Waals surface area contributed by atoms with E-state index in [1.54, 1.807) is 37.2 Å². The van der Waals surface area contributed by atoms with Gasteiger partial charge >= 0.3 is 5.97 Å². The van der Waals surface area contributed by atoms with E-state index in [1.165, 1.54) is 24.3 Å². The molecule has 0 fully saturated rings. The molecule has 24 heavy (non-hydrogen) atoms. The molecule has 2 rings (SSSR count). The fourth-order valence-electron chi connectivity index (χ4n) is 2.33. The van der Waals surface area contributed by atoms with Crippen molar-refractivity contribution >= 4 is 29.0 Å². The summed E-state index contributed by atoms with van der Waals surface area (Å²) in [4.78, 5) is 30.4. The monoisotopic (exact) mass is 348 g/mol. The van der Waals surface area contributed by atoms with Crippen LogP contribution in [-0.4, -0.2) is 31.0 Å². The van der Waals surface area contributed by atoms with Gasteiger partial charge in [0, 0.05) is 30.4 Å². The maximum atomic E-state index is 12.9. The second-order valence-corrected chi connectivity index (χ2v) is 5.80. The molecule has 1 unspecified atom stereocenters. The van der Waals surface area contributed by atoms with Crippen molar-refractivity contribution in [2.75, 3.05) is 19.0 Å². The Kier molecular flexibility index (Phi) is 5.56. The second-order valence-electron chi connectivity index (χ2n) is 5.36. The Morgan fingerprint density at radius 3 is 2.29 bits per heavy atom. The molecule has 0 amide bonds. The van der Waals surface area contributed by atoms with Gasteiger partial charge in [-0.2, -0.15) is 0 Å². The zero-order chi connectivity index (χ0) is 17.9. The van der Waals surface area contributed by atoms with Crippen LogP contribution < -0.4 is 10.8 Å². The maximum Gasteiger partial charge on any atom is 0.335 e. The van der Waals surface area contributed by atoms with E-state index in [2.05, 4.69) is 0 Å². The minimum absolute atomic E-state index is 0.110. The van der Waals surface area contributed by atoms with Crippen LogP contribution in [0.1, 0.15) is 32.4 Å². The highest BCUT2D eigenvalue weighted by atomic mass is 35.5. The summed E-state index contributed by atoms with van der Waals surface area (Å²) in [7, 11) is 3.61. The number of ketones is 1. The molecule has 0 heterocycles. The number of nitrogens with two attached hydrogens (primary N) is 1. The first-order chi connectivity index (χ1) is 11.3. The van der Waals surface area contributed by atoms with Gasteiger partial charge in [0.05, 0.1) is 5.56 Å². The number of carboxylic acids is 1. The number of anilines is 1. The number of carbonyl (C=O) groups is 2. The van der Waals surface area contributed by atoms with E-state index >= 15 is 0 Å². The average molecular weight is 349 g/mol. The van der Waals surface area contributed by atoms with Crippen LogP contribution in [0.3, 0.4) is 0 Å². The van der Waals surface area contributed by atoms with E-state index in [0.717, 1.165) is 0 Å². The quantitative estimate of drug-likeness (QED) is 0.616. The number of nitrogens with zero attached hydrogens (tertiary/aromatic N) is 1. The molecular formula is C17H17ClN2O4. The van der Waals surface area contributed by atoms with Crippen molar-refractivity contribution < 1.29 is 19.5 Å². The minimum atomic E-state index is -1.06. The molecule has 0 aliphatic heterocycles. The number of halogens is 1. The lowest BCUT2D eigenvalue weighted by molar-refractivity contribution is 0.0405. The van der Waals surface area contributed by atoms with Gasteiger partial charge in [0.1, 0.15) is 0 Å². The average Bonchev–Trinajstić information content (AvgIpc) is 2.55. The predicted octanol–water partition coefficient (Wildman–Crippen LogP) is 2.92.